The third-order valence-electron chi connectivity index (χ3n) is 4.05. The van der Waals surface area contributed by atoms with E-state index in [9.17, 15) is 0 Å². The SMILES string of the molecule is CC(C)c1ccc(-c2nc(Br)n3c2CCC(N)C3)cc1. The van der Waals surface area contributed by atoms with E-state index in [0.29, 0.717) is 5.92 Å². The minimum Gasteiger partial charge on any atom is -0.326 e. The van der Waals surface area contributed by atoms with Gasteiger partial charge >= 0.3 is 0 Å². The standard InChI is InChI=1S/C16H20BrN3/c1-10(2)11-3-5-12(6-4-11)15-14-8-7-13(18)9-20(14)16(17)19-15/h3-6,10,13H,7-9,18H2,1-2H3. The maximum Gasteiger partial charge on any atom is 0.177 e. The molecule has 0 saturated heterocycles. The highest BCUT2D eigenvalue weighted by Gasteiger charge is 2.23. The molecule has 0 saturated carbocycles. The van der Waals surface area contributed by atoms with Crippen molar-refractivity contribution in [1.29, 1.82) is 0 Å². The van der Waals surface area contributed by atoms with Gasteiger partial charge in [-0.3, -0.25) is 0 Å². The molecule has 2 aromatic rings. The monoisotopic (exact) mass is 333 g/mol. The van der Waals surface area contributed by atoms with Crippen LogP contribution in [-0.2, 0) is 13.0 Å². The molecule has 2 heterocycles. The van der Waals surface area contributed by atoms with Crippen LogP contribution in [0, 0.1) is 0 Å². The molecule has 1 aliphatic rings. The lowest BCUT2D eigenvalue weighted by Crippen LogP contribution is -2.31. The van der Waals surface area contributed by atoms with Gasteiger partial charge in [0.05, 0.1) is 5.69 Å². The van der Waals surface area contributed by atoms with Crippen molar-refractivity contribution in [2.45, 2.75) is 45.2 Å². The van der Waals surface area contributed by atoms with Gasteiger partial charge in [0, 0.05) is 23.8 Å². The molecule has 0 amide bonds. The summed E-state index contributed by atoms with van der Waals surface area (Å²) in [6.45, 7) is 5.28. The van der Waals surface area contributed by atoms with Crippen LogP contribution in [0.4, 0.5) is 0 Å². The molecule has 20 heavy (non-hydrogen) atoms. The quantitative estimate of drug-likeness (QED) is 0.910. The van der Waals surface area contributed by atoms with E-state index in [1.165, 1.54) is 16.8 Å². The average Bonchev–Trinajstić information content (AvgIpc) is 2.76. The van der Waals surface area contributed by atoms with Gasteiger partial charge in [0.1, 0.15) is 0 Å². The fourth-order valence-corrected chi connectivity index (χ4v) is 3.34. The van der Waals surface area contributed by atoms with E-state index < -0.39 is 0 Å². The van der Waals surface area contributed by atoms with Gasteiger partial charge < -0.3 is 10.3 Å². The van der Waals surface area contributed by atoms with Gasteiger partial charge in [0.25, 0.3) is 0 Å². The first kappa shape index (κ1) is 13.8. The molecule has 2 N–H and O–H groups in total. The number of fused-ring (bicyclic) bond motifs is 1. The van der Waals surface area contributed by atoms with Crippen molar-refractivity contribution in [3.63, 3.8) is 0 Å². The smallest absolute Gasteiger partial charge is 0.177 e. The molecule has 1 aliphatic heterocycles. The van der Waals surface area contributed by atoms with Crippen molar-refractivity contribution in [2.75, 3.05) is 0 Å². The second-order valence-corrected chi connectivity index (χ2v) is 6.57. The maximum absolute atomic E-state index is 6.05. The van der Waals surface area contributed by atoms with Gasteiger partial charge in [-0.2, -0.15) is 0 Å². The van der Waals surface area contributed by atoms with Crippen molar-refractivity contribution < 1.29 is 0 Å². The molecule has 0 radical (unpaired) electrons. The summed E-state index contributed by atoms with van der Waals surface area (Å²) in [5.74, 6) is 0.560. The fourth-order valence-electron chi connectivity index (χ4n) is 2.80. The fraction of sp³-hybridized carbons (Fsp3) is 0.438. The molecule has 1 atom stereocenters. The van der Waals surface area contributed by atoms with Crippen LogP contribution in [0.5, 0.6) is 0 Å². The number of rotatable bonds is 2. The van der Waals surface area contributed by atoms with Crippen molar-refractivity contribution in [2.24, 2.45) is 5.73 Å². The van der Waals surface area contributed by atoms with Crippen LogP contribution in [0.2, 0.25) is 0 Å². The zero-order valence-corrected chi connectivity index (χ0v) is 13.5. The lowest BCUT2D eigenvalue weighted by Gasteiger charge is -2.22. The maximum atomic E-state index is 6.05. The summed E-state index contributed by atoms with van der Waals surface area (Å²) >= 11 is 3.56. The Kier molecular flexibility index (Phi) is 3.69. The zero-order chi connectivity index (χ0) is 14.3. The summed E-state index contributed by atoms with van der Waals surface area (Å²) in [5, 5.41) is 0. The second-order valence-electron chi connectivity index (χ2n) is 5.86. The molecule has 3 nitrogen and oxygen atoms in total. The van der Waals surface area contributed by atoms with Crippen LogP contribution < -0.4 is 5.73 Å². The number of benzene rings is 1. The molecule has 0 bridgehead atoms. The predicted octanol–water partition coefficient (Wildman–Crippen LogP) is 3.71. The topological polar surface area (TPSA) is 43.8 Å². The molecule has 1 aromatic carbocycles. The number of hydrogen-bond acceptors (Lipinski definition) is 2. The summed E-state index contributed by atoms with van der Waals surface area (Å²) < 4.78 is 3.10. The van der Waals surface area contributed by atoms with Crippen molar-refractivity contribution in [1.82, 2.24) is 9.55 Å². The Morgan fingerprint density at radius 1 is 1.30 bits per heavy atom. The molecule has 0 spiro atoms. The Bertz CT molecular complexity index is 613. The molecule has 1 unspecified atom stereocenters. The molecule has 0 aliphatic carbocycles. The molecular formula is C16H20BrN3. The van der Waals surface area contributed by atoms with Crippen LogP contribution in [0.25, 0.3) is 11.3 Å². The van der Waals surface area contributed by atoms with E-state index in [1.54, 1.807) is 0 Å². The minimum atomic E-state index is 0.240. The number of hydrogen-bond donors (Lipinski definition) is 1. The van der Waals surface area contributed by atoms with Crippen molar-refractivity contribution in [3.8, 4) is 11.3 Å². The van der Waals surface area contributed by atoms with Gasteiger partial charge in [-0.15, -0.1) is 0 Å². The van der Waals surface area contributed by atoms with Crippen LogP contribution in [-0.4, -0.2) is 15.6 Å². The molecule has 106 valence electrons. The third-order valence-corrected chi connectivity index (χ3v) is 4.65. The lowest BCUT2D eigenvalue weighted by atomic mass is 9.98. The first-order chi connectivity index (χ1) is 9.56. The molecule has 0 fully saturated rings. The number of nitrogens with two attached hydrogens (primary N) is 1. The highest BCUT2D eigenvalue weighted by atomic mass is 79.9. The van der Waals surface area contributed by atoms with Gasteiger partial charge in [-0.25, -0.2) is 4.98 Å². The van der Waals surface area contributed by atoms with Gasteiger partial charge in [0.15, 0.2) is 4.73 Å². The summed E-state index contributed by atoms with van der Waals surface area (Å²) in [6, 6.07) is 9.01. The Morgan fingerprint density at radius 2 is 2.00 bits per heavy atom. The Labute approximate surface area is 128 Å². The number of aromatic nitrogens is 2. The number of nitrogens with zero attached hydrogens (tertiary/aromatic N) is 2. The largest absolute Gasteiger partial charge is 0.326 e. The first-order valence-electron chi connectivity index (χ1n) is 7.17. The Hall–Kier alpha value is -1.13. The molecule has 3 rings (SSSR count). The first-order valence-corrected chi connectivity index (χ1v) is 7.96. The van der Waals surface area contributed by atoms with Crippen LogP contribution >= 0.6 is 15.9 Å². The number of halogens is 1. The zero-order valence-electron chi connectivity index (χ0n) is 11.9. The van der Waals surface area contributed by atoms with Crippen LogP contribution in [0.1, 0.15) is 37.4 Å². The second kappa shape index (κ2) is 5.34. The van der Waals surface area contributed by atoms with Gasteiger partial charge in [-0.1, -0.05) is 38.1 Å². The highest BCUT2D eigenvalue weighted by Crippen LogP contribution is 2.31. The van der Waals surface area contributed by atoms with Crippen LogP contribution in [0.15, 0.2) is 29.0 Å². The molecule has 1 aromatic heterocycles. The average molecular weight is 334 g/mol. The van der Waals surface area contributed by atoms with E-state index >= 15 is 0 Å². The predicted molar refractivity (Wildman–Crippen MR) is 85.7 cm³/mol. The third kappa shape index (κ3) is 2.42. The van der Waals surface area contributed by atoms with E-state index in [-0.39, 0.29) is 6.04 Å². The molecule has 4 heteroatoms. The lowest BCUT2D eigenvalue weighted by molar-refractivity contribution is 0.455. The van der Waals surface area contributed by atoms with E-state index in [2.05, 4.69) is 58.6 Å². The Morgan fingerprint density at radius 3 is 2.65 bits per heavy atom. The summed E-state index contributed by atoms with van der Waals surface area (Å²) in [6.07, 6.45) is 2.04. The van der Waals surface area contributed by atoms with Crippen molar-refractivity contribution >= 4 is 15.9 Å². The summed E-state index contributed by atoms with van der Waals surface area (Å²) in [5.41, 5.74) is 11.0. The van der Waals surface area contributed by atoms with Gasteiger partial charge in [-0.05, 0) is 40.3 Å². The van der Waals surface area contributed by atoms with E-state index in [1.807, 2.05) is 0 Å². The highest BCUT2D eigenvalue weighted by molar-refractivity contribution is 9.10. The van der Waals surface area contributed by atoms with Gasteiger partial charge in [0.2, 0.25) is 0 Å². The summed E-state index contributed by atoms with van der Waals surface area (Å²) in [7, 11) is 0. The minimum absolute atomic E-state index is 0.240. The van der Waals surface area contributed by atoms with Crippen molar-refractivity contribution in [3.05, 3.63) is 40.3 Å². The normalized spacial score (nSPS) is 18.4. The Balaban J connectivity index is 2.00. The van der Waals surface area contributed by atoms with E-state index in [0.717, 1.165) is 29.8 Å². The summed E-state index contributed by atoms with van der Waals surface area (Å²) in [4.78, 5) is 4.70. The molecular weight excluding hydrogens is 314 g/mol. The van der Waals surface area contributed by atoms with E-state index in [4.69, 9.17) is 10.7 Å². The van der Waals surface area contributed by atoms with Crippen LogP contribution in [0.3, 0.4) is 0 Å². The number of imidazole rings is 1.